The topological polar surface area (TPSA) is 65.5 Å². The lowest BCUT2D eigenvalue weighted by Gasteiger charge is -2.22. The Bertz CT molecular complexity index is 536. The van der Waals surface area contributed by atoms with Gasteiger partial charge >= 0.3 is 0 Å². The number of nitrogens with one attached hydrogen (secondary N) is 3. The van der Waals surface area contributed by atoms with Crippen LogP contribution in [-0.2, 0) is 4.79 Å². The number of benzene rings is 1. The van der Waals surface area contributed by atoms with E-state index in [0.717, 1.165) is 31.1 Å². The Balaban J connectivity index is 0.00000338. The van der Waals surface area contributed by atoms with E-state index in [4.69, 9.17) is 0 Å². The smallest absolute Gasteiger partial charge is 0.221 e. The van der Waals surface area contributed by atoms with Crippen molar-refractivity contribution in [2.24, 2.45) is 4.99 Å². The largest absolute Gasteiger partial charge is 0.356 e. The van der Waals surface area contributed by atoms with E-state index >= 15 is 0 Å². The highest BCUT2D eigenvalue weighted by atomic mass is 127. The molecule has 1 fully saturated rings. The average Bonchev–Trinajstić information content (AvgIpc) is 2.65. The lowest BCUT2D eigenvalue weighted by atomic mass is 9.95. The fourth-order valence-electron chi connectivity index (χ4n) is 2.92. The number of halogens is 1. The van der Waals surface area contributed by atoms with Crippen LogP contribution >= 0.6 is 35.7 Å². The third kappa shape index (κ3) is 9.66. The molecule has 0 radical (unpaired) electrons. The zero-order chi connectivity index (χ0) is 17.7. The highest BCUT2D eigenvalue weighted by Crippen LogP contribution is 2.17. The van der Waals surface area contributed by atoms with Gasteiger partial charge in [0, 0.05) is 43.2 Å². The molecule has 7 heteroatoms. The first kappa shape index (κ1) is 23.1. The molecular weight excluding hydrogens is 459 g/mol. The maximum absolute atomic E-state index is 12.0. The van der Waals surface area contributed by atoms with Crippen LogP contribution in [0, 0.1) is 0 Å². The van der Waals surface area contributed by atoms with E-state index < -0.39 is 0 Å². The molecule has 1 amide bonds. The molecule has 0 atom stereocenters. The molecule has 1 saturated carbocycles. The minimum Gasteiger partial charge on any atom is -0.356 e. The predicted molar refractivity (Wildman–Crippen MR) is 122 cm³/mol. The number of nitrogens with zero attached hydrogens (tertiary/aromatic N) is 1. The summed E-state index contributed by atoms with van der Waals surface area (Å²) in [6.07, 6.45) is 6.51. The van der Waals surface area contributed by atoms with Crippen molar-refractivity contribution in [3.05, 3.63) is 30.3 Å². The van der Waals surface area contributed by atoms with Gasteiger partial charge in [0.25, 0.3) is 0 Å². The predicted octanol–water partition coefficient (Wildman–Crippen LogP) is 3.40. The van der Waals surface area contributed by atoms with Crippen molar-refractivity contribution in [3.8, 4) is 0 Å². The Morgan fingerprint density at radius 1 is 1.12 bits per heavy atom. The molecule has 26 heavy (non-hydrogen) atoms. The number of hydrogen-bond acceptors (Lipinski definition) is 3. The molecule has 3 N–H and O–H groups in total. The quantitative estimate of drug-likeness (QED) is 0.172. The summed E-state index contributed by atoms with van der Waals surface area (Å²) in [5, 5.41) is 9.62. The molecule has 146 valence electrons. The van der Waals surface area contributed by atoms with Crippen molar-refractivity contribution in [3.63, 3.8) is 0 Å². The van der Waals surface area contributed by atoms with Crippen LogP contribution in [-0.4, -0.2) is 43.8 Å². The number of guanidine groups is 1. The zero-order valence-electron chi connectivity index (χ0n) is 15.5. The van der Waals surface area contributed by atoms with E-state index in [-0.39, 0.29) is 29.9 Å². The molecule has 0 heterocycles. The van der Waals surface area contributed by atoms with E-state index in [9.17, 15) is 4.79 Å². The summed E-state index contributed by atoms with van der Waals surface area (Å²) in [6.45, 7) is 1.43. The van der Waals surface area contributed by atoms with Crippen molar-refractivity contribution in [2.75, 3.05) is 25.9 Å². The van der Waals surface area contributed by atoms with Gasteiger partial charge < -0.3 is 16.0 Å². The summed E-state index contributed by atoms with van der Waals surface area (Å²) in [5.41, 5.74) is 0. The maximum Gasteiger partial charge on any atom is 0.221 e. The van der Waals surface area contributed by atoms with Crippen LogP contribution in [0.15, 0.2) is 40.2 Å². The molecule has 5 nitrogen and oxygen atoms in total. The molecule has 1 aliphatic carbocycles. The van der Waals surface area contributed by atoms with Crippen LogP contribution in [0.3, 0.4) is 0 Å². The normalized spacial score (nSPS) is 15.0. The third-order valence-corrected chi connectivity index (χ3v) is 5.26. The Morgan fingerprint density at radius 3 is 2.50 bits per heavy atom. The van der Waals surface area contributed by atoms with Gasteiger partial charge in [0.2, 0.25) is 5.91 Å². The highest BCUT2D eigenvalue weighted by molar-refractivity contribution is 14.0. The van der Waals surface area contributed by atoms with Gasteiger partial charge in [0.1, 0.15) is 0 Å². The van der Waals surface area contributed by atoms with E-state index in [0.29, 0.717) is 19.0 Å². The summed E-state index contributed by atoms with van der Waals surface area (Å²) in [4.78, 5) is 17.5. The van der Waals surface area contributed by atoms with E-state index in [1.54, 1.807) is 7.05 Å². The van der Waals surface area contributed by atoms with E-state index in [1.807, 2.05) is 17.8 Å². The number of amides is 1. The molecular formula is C19H31IN4OS. The average molecular weight is 490 g/mol. The summed E-state index contributed by atoms with van der Waals surface area (Å²) < 4.78 is 0. The number of carbonyl (C=O) groups excluding carboxylic acids is 1. The molecule has 0 unspecified atom stereocenters. The van der Waals surface area contributed by atoms with Gasteiger partial charge in [0.05, 0.1) is 0 Å². The molecule has 0 aliphatic heterocycles. The van der Waals surface area contributed by atoms with Crippen LogP contribution in [0.1, 0.15) is 38.5 Å². The lowest BCUT2D eigenvalue weighted by Crippen LogP contribution is -2.41. The summed E-state index contributed by atoms with van der Waals surface area (Å²) in [6, 6.07) is 10.7. The fourth-order valence-corrected chi connectivity index (χ4v) is 3.71. The van der Waals surface area contributed by atoms with Crippen molar-refractivity contribution in [2.45, 2.75) is 49.5 Å². The van der Waals surface area contributed by atoms with Crippen LogP contribution in [0.2, 0.25) is 0 Å². The highest BCUT2D eigenvalue weighted by Gasteiger charge is 2.15. The van der Waals surface area contributed by atoms with Crippen LogP contribution in [0.25, 0.3) is 0 Å². The second kappa shape index (κ2) is 14.1. The van der Waals surface area contributed by atoms with Crippen LogP contribution in [0.4, 0.5) is 0 Å². The van der Waals surface area contributed by atoms with Gasteiger partial charge in [-0.05, 0) is 25.0 Å². The first-order valence-electron chi connectivity index (χ1n) is 9.19. The molecule has 0 aromatic heterocycles. The number of rotatable bonds is 8. The van der Waals surface area contributed by atoms with E-state index in [1.165, 1.54) is 24.2 Å². The summed E-state index contributed by atoms with van der Waals surface area (Å²) in [5.74, 6) is 1.85. The van der Waals surface area contributed by atoms with Gasteiger partial charge in [-0.1, -0.05) is 37.5 Å². The molecule has 0 saturated heterocycles. The first-order chi connectivity index (χ1) is 12.3. The monoisotopic (exact) mass is 490 g/mol. The molecule has 0 spiro atoms. The number of carbonyl (C=O) groups is 1. The standard InChI is InChI=1S/C19H30N4OS.HI/c1-20-19(22-14-15-25-17-10-6-3-7-11-17)21-13-12-18(24)23-16-8-4-2-5-9-16;/h3,6-7,10-11,16H,2,4-5,8-9,12-15H2,1H3,(H,23,24)(H2,20,21,22);1H. The minimum absolute atomic E-state index is 0. The first-order valence-corrected chi connectivity index (χ1v) is 10.2. The Morgan fingerprint density at radius 2 is 1.81 bits per heavy atom. The summed E-state index contributed by atoms with van der Waals surface area (Å²) >= 11 is 1.81. The Hall–Kier alpha value is -0.960. The Kier molecular flexibility index (Phi) is 12.6. The second-order valence-electron chi connectivity index (χ2n) is 6.24. The van der Waals surface area contributed by atoms with Crippen molar-refractivity contribution in [1.29, 1.82) is 0 Å². The maximum atomic E-state index is 12.0. The van der Waals surface area contributed by atoms with Gasteiger partial charge in [-0.15, -0.1) is 35.7 Å². The van der Waals surface area contributed by atoms with E-state index in [2.05, 4.69) is 45.2 Å². The van der Waals surface area contributed by atoms with Gasteiger partial charge in [-0.25, -0.2) is 0 Å². The molecule has 1 aromatic rings. The minimum atomic E-state index is 0. The molecule has 2 rings (SSSR count). The second-order valence-corrected chi connectivity index (χ2v) is 7.41. The molecule has 0 bridgehead atoms. The number of thioether (sulfide) groups is 1. The van der Waals surface area contributed by atoms with Crippen LogP contribution < -0.4 is 16.0 Å². The molecule has 1 aliphatic rings. The van der Waals surface area contributed by atoms with Crippen molar-refractivity contribution >= 4 is 47.6 Å². The van der Waals surface area contributed by atoms with Gasteiger partial charge in [-0.3, -0.25) is 9.79 Å². The van der Waals surface area contributed by atoms with Crippen molar-refractivity contribution < 1.29 is 4.79 Å². The van der Waals surface area contributed by atoms with Crippen molar-refractivity contribution in [1.82, 2.24) is 16.0 Å². The zero-order valence-corrected chi connectivity index (χ0v) is 18.6. The Labute approximate surface area is 178 Å². The molecule has 1 aromatic carbocycles. The fraction of sp³-hybridized carbons (Fsp3) is 0.579. The van der Waals surface area contributed by atoms with Crippen LogP contribution in [0.5, 0.6) is 0 Å². The lowest BCUT2D eigenvalue weighted by molar-refractivity contribution is -0.121. The van der Waals surface area contributed by atoms with Gasteiger partial charge in [0.15, 0.2) is 5.96 Å². The SMILES string of the molecule is CN=C(NCCSc1ccccc1)NCCC(=O)NC1CCCCC1.I. The number of aliphatic imine (C=N–C) groups is 1. The van der Waals surface area contributed by atoms with Gasteiger partial charge in [-0.2, -0.15) is 0 Å². The summed E-state index contributed by atoms with van der Waals surface area (Å²) in [7, 11) is 1.75. The third-order valence-electron chi connectivity index (χ3n) is 4.24. The number of hydrogen-bond donors (Lipinski definition) is 3.